The molecule has 30 heavy (non-hydrogen) atoms. The number of rotatable bonds is 5. The normalized spacial score (nSPS) is 23.3. The first-order chi connectivity index (χ1) is 14.2. The molecule has 0 unspecified atom stereocenters. The van der Waals surface area contributed by atoms with Crippen LogP contribution in [0.25, 0.3) is 0 Å². The summed E-state index contributed by atoms with van der Waals surface area (Å²) < 4.78 is 19.6. The number of carbonyl (C=O) groups excluding carboxylic acids is 1. The maximum absolute atomic E-state index is 14.2. The van der Waals surface area contributed by atoms with Gasteiger partial charge in [0, 0.05) is 44.0 Å². The fourth-order valence-electron chi connectivity index (χ4n) is 4.43. The van der Waals surface area contributed by atoms with Crippen LogP contribution in [0.3, 0.4) is 0 Å². The van der Waals surface area contributed by atoms with E-state index < -0.39 is 0 Å². The van der Waals surface area contributed by atoms with Crippen LogP contribution in [0.2, 0.25) is 0 Å². The van der Waals surface area contributed by atoms with Gasteiger partial charge in [-0.05, 0) is 76.5 Å². The van der Waals surface area contributed by atoms with Crippen LogP contribution >= 0.6 is 0 Å². The van der Waals surface area contributed by atoms with E-state index in [0.717, 1.165) is 45.6 Å². The van der Waals surface area contributed by atoms with E-state index in [1.165, 1.54) is 18.9 Å². The standard InChI is InChI=1S/C23H37FN4O2/c1-23(2,3)26-22(29)30-16-18-6-4-17(5-7-18)15-27-10-12-28(13-11-27)21-9-8-19(25)14-20(21)24/h8-9,14,17-18H,4-7,10-13,15-16,25H2,1-3H3,(H,26,29). The molecule has 2 aliphatic rings. The van der Waals surface area contributed by atoms with E-state index in [4.69, 9.17) is 10.5 Å². The topological polar surface area (TPSA) is 70.8 Å². The Hall–Kier alpha value is -2.02. The predicted molar refractivity (Wildman–Crippen MR) is 119 cm³/mol. The molecule has 3 rings (SSSR count). The minimum absolute atomic E-state index is 0.236. The highest BCUT2D eigenvalue weighted by atomic mass is 19.1. The molecule has 0 atom stereocenters. The minimum Gasteiger partial charge on any atom is -0.449 e. The number of benzene rings is 1. The molecule has 3 N–H and O–H groups in total. The molecule has 0 radical (unpaired) electrons. The summed E-state index contributed by atoms with van der Waals surface area (Å²) in [5.74, 6) is 0.932. The highest BCUT2D eigenvalue weighted by Gasteiger charge is 2.26. The zero-order valence-electron chi connectivity index (χ0n) is 18.6. The van der Waals surface area contributed by atoms with Crippen molar-refractivity contribution in [3.8, 4) is 0 Å². The van der Waals surface area contributed by atoms with Crippen molar-refractivity contribution in [1.82, 2.24) is 10.2 Å². The second-order valence-electron chi connectivity index (χ2n) is 9.86. The van der Waals surface area contributed by atoms with Crippen LogP contribution in [0.15, 0.2) is 18.2 Å². The maximum Gasteiger partial charge on any atom is 0.407 e. The molecule has 1 aromatic rings. The molecule has 1 aromatic carbocycles. The van der Waals surface area contributed by atoms with Crippen LogP contribution in [0.5, 0.6) is 0 Å². The van der Waals surface area contributed by atoms with E-state index in [0.29, 0.717) is 29.8 Å². The summed E-state index contributed by atoms with van der Waals surface area (Å²) >= 11 is 0. The summed E-state index contributed by atoms with van der Waals surface area (Å²) in [5.41, 5.74) is 6.51. The molecule has 2 fully saturated rings. The van der Waals surface area contributed by atoms with Crippen molar-refractivity contribution in [3.05, 3.63) is 24.0 Å². The zero-order chi connectivity index (χ0) is 21.7. The molecule has 1 aliphatic heterocycles. The number of nitrogens with two attached hydrogens (primary N) is 1. The summed E-state index contributed by atoms with van der Waals surface area (Å²) in [6.07, 6.45) is 4.28. The molecule has 0 aromatic heterocycles. The van der Waals surface area contributed by atoms with Crippen molar-refractivity contribution in [2.45, 2.75) is 52.0 Å². The van der Waals surface area contributed by atoms with Crippen molar-refractivity contribution >= 4 is 17.5 Å². The van der Waals surface area contributed by atoms with Crippen LogP contribution in [0.4, 0.5) is 20.6 Å². The summed E-state index contributed by atoms with van der Waals surface area (Å²) in [6, 6.07) is 4.95. The second-order valence-corrected chi connectivity index (χ2v) is 9.86. The second kappa shape index (κ2) is 9.86. The third-order valence-electron chi connectivity index (χ3n) is 6.09. The summed E-state index contributed by atoms with van der Waals surface area (Å²) in [7, 11) is 0. The van der Waals surface area contributed by atoms with Crippen LogP contribution < -0.4 is 16.0 Å². The largest absolute Gasteiger partial charge is 0.449 e. The van der Waals surface area contributed by atoms with Crippen molar-refractivity contribution in [2.24, 2.45) is 11.8 Å². The highest BCUT2D eigenvalue weighted by Crippen LogP contribution is 2.30. The number of nitrogen functional groups attached to an aromatic ring is 1. The number of alkyl carbamates (subject to hydrolysis) is 1. The van der Waals surface area contributed by atoms with Gasteiger partial charge in [-0.2, -0.15) is 0 Å². The monoisotopic (exact) mass is 420 g/mol. The molecule has 7 heteroatoms. The molecule has 0 spiro atoms. The Balaban J connectivity index is 1.34. The van der Waals surface area contributed by atoms with Crippen LogP contribution in [-0.2, 0) is 4.74 Å². The van der Waals surface area contributed by atoms with E-state index in [1.807, 2.05) is 20.8 Å². The van der Waals surface area contributed by atoms with Crippen molar-refractivity contribution in [3.63, 3.8) is 0 Å². The number of piperazine rings is 1. The van der Waals surface area contributed by atoms with Gasteiger partial charge >= 0.3 is 6.09 Å². The Morgan fingerprint density at radius 2 is 1.77 bits per heavy atom. The lowest BCUT2D eigenvalue weighted by atomic mass is 9.82. The Morgan fingerprint density at radius 1 is 1.13 bits per heavy atom. The Bertz CT molecular complexity index is 706. The third kappa shape index (κ3) is 6.76. The molecule has 0 bridgehead atoms. The Morgan fingerprint density at radius 3 is 2.37 bits per heavy atom. The quantitative estimate of drug-likeness (QED) is 0.708. The molecular weight excluding hydrogens is 383 g/mol. The summed E-state index contributed by atoms with van der Waals surface area (Å²) in [6.45, 7) is 11.1. The number of hydrogen-bond acceptors (Lipinski definition) is 5. The first-order valence-electron chi connectivity index (χ1n) is 11.2. The number of ether oxygens (including phenoxy) is 1. The number of anilines is 2. The highest BCUT2D eigenvalue weighted by molar-refractivity contribution is 5.68. The average Bonchev–Trinajstić information content (AvgIpc) is 2.67. The SMILES string of the molecule is CC(C)(C)NC(=O)OCC1CCC(CN2CCN(c3ccc(N)cc3F)CC2)CC1. The van der Waals surface area contributed by atoms with Crippen molar-refractivity contribution in [1.29, 1.82) is 0 Å². The van der Waals surface area contributed by atoms with Crippen LogP contribution in [-0.4, -0.2) is 55.9 Å². The van der Waals surface area contributed by atoms with Gasteiger partial charge in [-0.25, -0.2) is 9.18 Å². The summed E-state index contributed by atoms with van der Waals surface area (Å²) in [5, 5.41) is 2.84. The lowest BCUT2D eigenvalue weighted by molar-refractivity contribution is 0.0966. The van der Waals surface area contributed by atoms with E-state index in [-0.39, 0.29) is 17.4 Å². The van der Waals surface area contributed by atoms with E-state index in [1.54, 1.807) is 12.1 Å². The first kappa shape index (κ1) is 22.7. The average molecular weight is 421 g/mol. The van der Waals surface area contributed by atoms with Gasteiger partial charge in [-0.3, -0.25) is 4.90 Å². The molecule has 1 saturated carbocycles. The number of carbonyl (C=O) groups is 1. The molecule has 1 saturated heterocycles. The van der Waals surface area contributed by atoms with E-state index in [9.17, 15) is 9.18 Å². The summed E-state index contributed by atoms with van der Waals surface area (Å²) in [4.78, 5) is 16.4. The van der Waals surface area contributed by atoms with Gasteiger partial charge in [0.05, 0.1) is 12.3 Å². The van der Waals surface area contributed by atoms with E-state index in [2.05, 4.69) is 15.1 Å². The number of halogens is 1. The molecule has 1 heterocycles. The molecule has 6 nitrogen and oxygen atoms in total. The number of hydrogen-bond donors (Lipinski definition) is 2. The molecular formula is C23H37FN4O2. The third-order valence-corrected chi connectivity index (χ3v) is 6.09. The van der Waals surface area contributed by atoms with E-state index >= 15 is 0 Å². The van der Waals surface area contributed by atoms with Gasteiger partial charge < -0.3 is 20.7 Å². The molecule has 168 valence electrons. The predicted octanol–water partition coefficient (Wildman–Crippen LogP) is 3.86. The zero-order valence-corrected chi connectivity index (χ0v) is 18.6. The Labute approximate surface area is 179 Å². The molecule has 1 amide bonds. The smallest absolute Gasteiger partial charge is 0.407 e. The first-order valence-corrected chi connectivity index (χ1v) is 11.2. The van der Waals surface area contributed by atoms with Gasteiger partial charge in [0.2, 0.25) is 0 Å². The van der Waals surface area contributed by atoms with Gasteiger partial charge in [0.1, 0.15) is 5.82 Å². The van der Waals surface area contributed by atoms with Crippen LogP contribution in [0, 0.1) is 17.7 Å². The van der Waals surface area contributed by atoms with Gasteiger partial charge in [-0.1, -0.05) is 0 Å². The Kier molecular flexibility index (Phi) is 7.45. The number of nitrogens with one attached hydrogen (secondary N) is 1. The lowest BCUT2D eigenvalue weighted by Gasteiger charge is -2.39. The van der Waals surface area contributed by atoms with Gasteiger partial charge in [0.25, 0.3) is 0 Å². The van der Waals surface area contributed by atoms with Gasteiger partial charge in [0.15, 0.2) is 0 Å². The lowest BCUT2D eigenvalue weighted by Crippen LogP contribution is -2.48. The maximum atomic E-state index is 14.2. The fourth-order valence-corrected chi connectivity index (χ4v) is 4.43. The fraction of sp³-hybridized carbons (Fsp3) is 0.696. The van der Waals surface area contributed by atoms with Crippen molar-refractivity contribution < 1.29 is 13.9 Å². The van der Waals surface area contributed by atoms with Gasteiger partial charge in [-0.15, -0.1) is 0 Å². The number of nitrogens with zero attached hydrogens (tertiary/aromatic N) is 2. The minimum atomic E-state index is -0.319. The van der Waals surface area contributed by atoms with Crippen LogP contribution in [0.1, 0.15) is 46.5 Å². The number of amides is 1. The molecule has 1 aliphatic carbocycles. The van der Waals surface area contributed by atoms with Crippen molar-refractivity contribution in [2.75, 3.05) is 50.0 Å².